The molecule has 3 aromatic rings. The van der Waals surface area contributed by atoms with Crippen LogP contribution in [0.2, 0.25) is 0 Å². The van der Waals surface area contributed by atoms with Gasteiger partial charge in [-0.15, -0.1) is 0 Å². The number of carbonyl (C=O) groups excluding carboxylic acids is 1. The highest BCUT2D eigenvalue weighted by molar-refractivity contribution is 5.97. The lowest BCUT2D eigenvalue weighted by atomic mass is 10.2. The molecular formula is C19H18N6O4. The van der Waals surface area contributed by atoms with Crippen LogP contribution in [0, 0.1) is 17.0 Å². The van der Waals surface area contributed by atoms with Crippen LogP contribution in [-0.2, 0) is 4.74 Å². The zero-order valence-corrected chi connectivity index (χ0v) is 15.7. The van der Waals surface area contributed by atoms with Crippen molar-refractivity contribution in [2.75, 3.05) is 17.2 Å². The Morgan fingerprint density at radius 3 is 2.48 bits per heavy atom. The number of nitro groups is 1. The fourth-order valence-corrected chi connectivity index (χ4v) is 2.57. The summed E-state index contributed by atoms with van der Waals surface area (Å²) >= 11 is 0. The summed E-state index contributed by atoms with van der Waals surface area (Å²) in [5.41, 5.74) is 0.976. The van der Waals surface area contributed by atoms with E-state index in [4.69, 9.17) is 4.74 Å². The monoisotopic (exact) mass is 394 g/mol. The molecule has 0 radical (unpaired) electrons. The molecule has 0 amide bonds. The topological polar surface area (TPSA) is 132 Å². The van der Waals surface area contributed by atoms with Crippen molar-refractivity contribution in [2.24, 2.45) is 0 Å². The molecule has 1 aromatic carbocycles. The lowest BCUT2D eigenvalue weighted by Crippen LogP contribution is -2.10. The number of aromatic nitrogens is 3. The highest BCUT2D eigenvalue weighted by Gasteiger charge is 2.25. The largest absolute Gasteiger partial charge is 0.462 e. The maximum atomic E-state index is 12.2. The second-order valence-corrected chi connectivity index (χ2v) is 5.86. The van der Waals surface area contributed by atoms with Crippen molar-refractivity contribution in [1.82, 2.24) is 15.0 Å². The molecule has 0 aliphatic heterocycles. The number of anilines is 4. The first-order chi connectivity index (χ1) is 14.0. The summed E-state index contributed by atoms with van der Waals surface area (Å²) in [6.45, 7) is 3.72. The lowest BCUT2D eigenvalue weighted by Gasteiger charge is -2.12. The average molecular weight is 394 g/mol. The van der Waals surface area contributed by atoms with E-state index in [1.165, 1.54) is 6.33 Å². The number of carbonyl (C=O) groups is 1. The van der Waals surface area contributed by atoms with Crippen molar-refractivity contribution in [3.8, 4) is 0 Å². The van der Waals surface area contributed by atoms with Crippen LogP contribution in [0.3, 0.4) is 0 Å². The summed E-state index contributed by atoms with van der Waals surface area (Å²) in [6.07, 6.45) is 2.75. The van der Waals surface area contributed by atoms with Crippen LogP contribution in [0.4, 0.5) is 28.8 Å². The molecular weight excluding hydrogens is 376 g/mol. The highest BCUT2D eigenvalue weighted by atomic mass is 16.6. The molecule has 148 valence electrons. The summed E-state index contributed by atoms with van der Waals surface area (Å²) in [4.78, 5) is 35.5. The Labute approximate surface area is 166 Å². The van der Waals surface area contributed by atoms with Crippen LogP contribution in [0.5, 0.6) is 0 Å². The first-order valence-corrected chi connectivity index (χ1v) is 8.72. The van der Waals surface area contributed by atoms with Crippen molar-refractivity contribution in [2.45, 2.75) is 13.8 Å². The van der Waals surface area contributed by atoms with Gasteiger partial charge in [0.1, 0.15) is 12.1 Å². The maximum Gasteiger partial charge on any atom is 0.353 e. The molecule has 0 bridgehead atoms. The Bertz CT molecular complexity index is 1060. The van der Waals surface area contributed by atoms with Crippen LogP contribution in [0.1, 0.15) is 22.8 Å². The molecule has 10 nitrogen and oxygen atoms in total. The molecule has 0 aliphatic rings. The third kappa shape index (κ3) is 4.43. The first-order valence-electron chi connectivity index (χ1n) is 8.72. The van der Waals surface area contributed by atoms with E-state index in [0.29, 0.717) is 11.5 Å². The summed E-state index contributed by atoms with van der Waals surface area (Å²) in [6, 6.07) is 10.1. The smallest absolute Gasteiger partial charge is 0.353 e. The van der Waals surface area contributed by atoms with Gasteiger partial charge in [0.15, 0.2) is 0 Å². The number of rotatable bonds is 7. The standard InChI is InChI=1S/C19H18N6O4/c1-3-29-19(26)13-8-4-5-9-14(13)23-17-15(25(27)28)18(22-11-21-17)24-16-12(2)7-6-10-20-16/h4-11H,3H2,1-2H3,(H2,20,21,22,23,24). The number of benzene rings is 1. The van der Waals surface area contributed by atoms with Gasteiger partial charge in [0.05, 0.1) is 22.8 Å². The summed E-state index contributed by atoms with van der Waals surface area (Å²) < 4.78 is 5.03. The van der Waals surface area contributed by atoms with E-state index < -0.39 is 10.9 Å². The molecule has 0 fully saturated rings. The Hall–Kier alpha value is -4.08. The van der Waals surface area contributed by atoms with Gasteiger partial charge < -0.3 is 15.4 Å². The number of nitrogens with zero attached hydrogens (tertiary/aromatic N) is 4. The maximum absolute atomic E-state index is 12.2. The number of aryl methyl sites for hydroxylation is 1. The number of esters is 1. The fraction of sp³-hybridized carbons (Fsp3) is 0.158. The predicted octanol–water partition coefficient (Wildman–Crippen LogP) is 3.75. The number of hydrogen-bond acceptors (Lipinski definition) is 9. The molecule has 0 spiro atoms. The molecule has 2 N–H and O–H groups in total. The fourth-order valence-electron chi connectivity index (χ4n) is 2.57. The Kier molecular flexibility index (Phi) is 5.93. The summed E-state index contributed by atoms with van der Waals surface area (Å²) in [5.74, 6) is -0.206. The molecule has 0 saturated heterocycles. The van der Waals surface area contributed by atoms with Crippen LogP contribution in [-0.4, -0.2) is 32.5 Å². The third-order valence-corrected chi connectivity index (χ3v) is 3.93. The number of hydrogen-bond donors (Lipinski definition) is 2. The Morgan fingerprint density at radius 2 is 1.79 bits per heavy atom. The predicted molar refractivity (Wildman–Crippen MR) is 107 cm³/mol. The van der Waals surface area contributed by atoms with Gasteiger partial charge in [-0.2, -0.15) is 0 Å². The summed E-state index contributed by atoms with van der Waals surface area (Å²) in [5, 5.41) is 17.5. The normalized spacial score (nSPS) is 10.3. The minimum absolute atomic E-state index is 0.0251. The molecule has 10 heteroatoms. The van der Waals surface area contributed by atoms with Gasteiger partial charge in [0, 0.05) is 6.20 Å². The number of pyridine rings is 1. The summed E-state index contributed by atoms with van der Waals surface area (Å²) in [7, 11) is 0. The molecule has 0 saturated carbocycles. The number of nitrogens with one attached hydrogen (secondary N) is 2. The molecule has 3 rings (SSSR count). The molecule has 0 unspecified atom stereocenters. The van der Waals surface area contributed by atoms with Crippen molar-refractivity contribution >= 4 is 34.8 Å². The highest BCUT2D eigenvalue weighted by Crippen LogP contribution is 2.33. The van der Waals surface area contributed by atoms with Crippen molar-refractivity contribution < 1.29 is 14.5 Å². The van der Waals surface area contributed by atoms with Crippen LogP contribution < -0.4 is 10.6 Å². The zero-order valence-electron chi connectivity index (χ0n) is 15.7. The van der Waals surface area contributed by atoms with Gasteiger partial charge in [0.25, 0.3) is 0 Å². The lowest BCUT2D eigenvalue weighted by molar-refractivity contribution is -0.383. The average Bonchev–Trinajstić information content (AvgIpc) is 2.70. The molecule has 0 atom stereocenters. The van der Waals surface area contributed by atoms with Crippen molar-refractivity contribution in [3.05, 3.63) is 70.2 Å². The van der Waals surface area contributed by atoms with Crippen molar-refractivity contribution in [1.29, 1.82) is 0 Å². The first kappa shape index (κ1) is 19.7. The van der Waals surface area contributed by atoms with Gasteiger partial charge in [-0.25, -0.2) is 19.7 Å². The molecule has 2 aromatic heterocycles. The van der Waals surface area contributed by atoms with Crippen LogP contribution in [0.25, 0.3) is 0 Å². The van der Waals surface area contributed by atoms with E-state index in [2.05, 4.69) is 25.6 Å². The Balaban J connectivity index is 2.00. The van der Waals surface area contributed by atoms with Crippen LogP contribution in [0.15, 0.2) is 48.9 Å². The number of ether oxygens (including phenoxy) is 1. The molecule has 29 heavy (non-hydrogen) atoms. The quantitative estimate of drug-likeness (QED) is 0.349. The second-order valence-electron chi connectivity index (χ2n) is 5.86. The third-order valence-electron chi connectivity index (χ3n) is 3.93. The SMILES string of the molecule is CCOC(=O)c1ccccc1Nc1ncnc(Nc2ncccc2C)c1[N+](=O)[O-]. The minimum Gasteiger partial charge on any atom is -0.462 e. The van der Waals surface area contributed by atoms with Gasteiger partial charge >= 0.3 is 11.7 Å². The van der Waals surface area contributed by atoms with E-state index in [1.54, 1.807) is 43.5 Å². The van der Waals surface area contributed by atoms with E-state index in [-0.39, 0.29) is 29.5 Å². The van der Waals surface area contributed by atoms with Crippen molar-refractivity contribution in [3.63, 3.8) is 0 Å². The second kappa shape index (κ2) is 8.74. The Morgan fingerprint density at radius 1 is 1.07 bits per heavy atom. The van der Waals surface area contributed by atoms with Gasteiger partial charge in [-0.1, -0.05) is 18.2 Å². The molecule has 2 heterocycles. The van der Waals surface area contributed by atoms with E-state index in [1.807, 2.05) is 13.0 Å². The minimum atomic E-state index is -0.601. The number of para-hydroxylation sites is 1. The van der Waals surface area contributed by atoms with E-state index in [9.17, 15) is 14.9 Å². The van der Waals surface area contributed by atoms with Gasteiger partial charge in [0.2, 0.25) is 11.6 Å². The van der Waals surface area contributed by atoms with E-state index in [0.717, 1.165) is 5.56 Å². The van der Waals surface area contributed by atoms with Gasteiger partial charge in [-0.3, -0.25) is 10.1 Å². The van der Waals surface area contributed by atoms with Gasteiger partial charge in [-0.05, 0) is 37.6 Å². The molecule has 0 aliphatic carbocycles. The zero-order chi connectivity index (χ0) is 20.8. The van der Waals surface area contributed by atoms with E-state index >= 15 is 0 Å². The van der Waals surface area contributed by atoms with Crippen LogP contribution >= 0.6 is 0 Å².